The first kappa shape index (κ1) is 10.1. The molecule has 2 heterocycles. The topological polar surface area (TPSA) is 52.3 Å². The van der Waals surface area contributed by atoms with Gasteiger partial charge in [0.1, 0.15) is 11.5 Å². The molecular weight excluding hydrogens is 190 g/mol. The molecule has 1 unspecified atom stereocenters. The highest BCUT2D eigenvalue weighted by molar-refractivity contribution is 5.22. The average molecular weight is 205 g/mol. The maximum atomic E-state index is 6.09. The lowest BCUT2D eigenvalue weighted by atomic mass is 10.0. The van der Waals surface area contributed by atoms with E-state index in [2.05, 4.69) is 6.92 Å². The number of rotatable bonds is 4. The molecule has 80 valence electrons. The van der Waals surface area contributed by atoms with Crippen LogP contribution in [0, 0.1) is 0 Å². The third-order valence-electron chi connectivity index (χ3n) is 2.50. The second-order valence-corrected chi connectivity index (χ2v) is 3.54. The summed E-state index contributed by atoms with van der Waals surface area (Å²) in [6.07, 6.45) is 4.93. The molecule has 2 rings (SSSR count). The highest BCUT2D eigenvalue weighted by atomic mass is 16.3. The van der Waals surface area contributed by atoms with Crippen molar-refractivity contribution in [2.24, 2.45) is 5.73 Å². The number of hydrogen-bond donors (Lipinski definition) is 1. The van der Waals surface area contributed by atoms with Crippen LogP contribution in [-0.4, -0.2) is 0 Å². The molecule has 2 aromatic rings. The van der Waals surface area contributed by atoms with E-state index in [1.54, 1.807) is 12.5 Å². The Balaban J connectivity index is 2.11. The number of hydrogen-bond acceptors (Lipinski definition) is 3. The lowest BCUT2D eigenvalue weighted by molar-refractivity contribution is 0.477. The molecule has 0 radical (unpaired) electrons. The van der Waals surface area contributed by atoms with E-state index in [9.17, 15) is 0 Å². The SMILES string of the molecule is CCc1occc1C(N)Cc1ccco1. The Bertz CT molecular complexity index is 403. The Kier molecular flexibility index (Phi) is 2.92. The number of furan rings is 2. The third-order valence-corrected chi connectivity index (χ3v) is 2.50. The fourth-order valence-corrected chi connectivity index (χ4v) is 1.72. The predicted octanol–water partition coefficient (Wildman–Crippen LogP) is 2.68. The van der Waals surface area contributed by atoms with E-state index in [0.29, 0.717) is 6.42 Å². The molecule has 0 aromatic carbocycles. The summed E-state index contributed by atoms with van der Waals surface area (Å²) in [6.45, 7) is 2.06. The van der Waals surface area contributed by atoms with Crippen LogP contribution >= 0.6 is 0 Å². The van der Waals surface area contributed by atoms with E-state index < -0.39 is 0 Å². The fourth-order valence-electron chi connectivity index (χ4n) is 1.72. The van der Waals surface area contributed by atoms with Crippen molar-refractivity contribution in [2.75, 3.05) is 0 Å². The summed E-state index contributed by atoms with van der Waals surface area (Å²) in [5.74, 6) is 1.87. The van der Waals surface area contributed by atoms with Gasteiger partial charge >= 0.3 is 0 Å². The van der Waals surface area contributed by atoms with Gasteiger partial charge in [0.25, 0.3) is 0 Å². The van der Waals surface area contributed by atoms with Crippen molar-refractivity contribution >= 4 is 0 Å². The van der Waals surface area contributed by atoms with Crippen LogP contribution in [0.3, 0.4) is 0 Å². The quantitative estimate of drug-likeness (QED) is 0.834. The first-order valence-electron chi connectivity index (χ1n) is 5.15. The molecule has 3 heteroatoms. The number of nitrogens with two attached hydrogens (primary N) is 1. The summed E-state index contributed by atoms with van der Waals surface area (Å²) >= 11 is 0. The molecule has 0 fully saturated rings. The lowest BCUT2D eigenvalue weighted by Gasteiger charge is -2.09. The van der Waals surface area contributed by atoms with Crippen molar-refractivity contribution in [1.29, 1.82) is 0 Å². The van der Waals surface area contributed by atoms with Crippen LogP contribution in [0.2, 0.25) is 0 Å². The van der Waals surface area contributed by atoms with E-state index in [1.807, 2.05) is 18.2 Å². The van der Waals surface area contributed by atoms with Crippen molar-refractivity contribution in [2.45, 2.75) is 25.8 Å². The fraction of sp³-hybridized carbons (Fsp3) is 0.333. The molecule has 0 saturated carbocycles. The Morgan fingerprint density at radius 2 is 2.13 bits per heavy atom. The van der Waals surface area contributed by atoms with Gasteiger partial charge in [0.05, 0.1) is 12.5 Å². The lowest BCUT2D eigenvalue weighted by Crippen LogP contribution is -2.13. The van der Waals surface area contributed by atoms with E-state index in [1.165, 1.54) is 0 Å². The van der Waals surface area contributed by atoms with E-state index in [-0.39, 0.29) is 6.04 Å². The van der Waals surface area contributed by atoms with Crippen LogP contribution in [0.4, 0.5) is 0 Å². The van der Waals surface area contributed by atoms with Gasteiger partial charge in [-0.3, -0.25) is 0 Å². The van der Waals surface area contributed by atoms with Gasteiger partial charge in [0, 0.05) is 24.4 Å². The molecule has 0 spiro atoms. The van der Waals surface area contributed by atoms with Gasteiger partial charge < -0.3 is 14.6 Å². The molecule has 0 aliphatic heterocycles. The summed E-state index contributed by atoms with van der Waals surface area (Å²) in [6, 6.07) is 5.70. The first-order chi connectivity index (χ1) is 7.31. The molecule has 0 bridgehead atoms. The molecule has 2 N–H and O–H groups in total. The summed E-state index contributed by atoms with van der Waals surface area (Å²) in [5, 5.41) is 0. The predicted molar refractivity (Wildman–Crippen MR) is 57.4 cm³/mol. The van der Waals surface area contributed by atoms with Crippen molar-refractivity contribution in [1.82, 2.24) is 0 Å². The molecule has 15 heavy (non-hydrogen) atoms. The van der Waals surface area contributed by atoms with Crippen molar-refractivity contribution in [3.8, 4) is 0 Å². The summed E-state index contributed by atoms with van der Waals surface area (Å²) in [4.78, 5) is 0. The van der Waals surface area contributed by atoms with Crippen molar-refractivity contribution in [3.05, 3.63) is 47.8 Å². The molecule has 1 atom stereocenters. The summed E-state index contributed by atoms with van der Waals surface area (Å²) < 4.78 is 10.6. The van der Waals surface area contributed by atoms with Crippen LogP contribution < -0.4 is 5.73 Å². The third kappa shape index (κ3) is 2.13. The van der Waals surface area contributed by atoms with E-state index >= 15 is 0 Å². The first-order valence-corrected chi connectivity index (χ1v) is 5.15. The van der Waals surface area contributed by atoms with Crippen LogP contribution in [0.1, 0.15) is 30.0 Å². The maximum absolute atomic E-state index is 6.09. The minimum Gasteiger partial charge on any atom is -0.469 e. The molecule has 0 aliphatic carbocycles. The molecule has 2 aromatic heterocycles. The Labute approximate surface area is 88.9 Å². The number of aryl methyl sites for hydroxylation is 1. The summed E-state index contributed by atoms with van der Waals surface area (Å²) in [5.41, 5.74) is 7.16. The minimum atomic E-state index is -0.0511. The molecule has 0 aliphatic rings. The van der Waals surface area contributed by atoms with Crippen LogP contribution in [0.25, 0.3) is 0 Å². The van der Waals surface area contributed by atoms with Crippen LogP contribution in [-0.2, 0) is 12.8 Å². The minimum absolute atomic E-state index is 0.0511. The van der Waals surface area contributed by atoms with Gasteiger partial charge in [0.2, 0.25) is 0 Å². The van der Waals surface area contributed by atoms with Crippen LogP contribution in [0.15, 0.2) is 39.6 Å². The zero-order chi connectivity index (χ0) is 10.7. The highest BCUT2D eigenvalue weighted by Crippen LogP contribution is 2.21. The Morgan fingerprint density at radius 1 is 1.27 bits per heavy atom. The summed E-state index contributed by atoms with van der Waals surface area (Å²) in [7, 11) is 0. The second-order valence-electron chi connectivity index (χ2n) is 3.54. The smallest absolute Gasteiger partial charge is 0.108 e. The van der Waals surface area contributed by atoms with Gasteiger partial charge in [-0.2, -0.15) is 0 Å². The van der Waals surface area contributed by atoms with Gasteiger partial charge in [0.15, 0.2) is 0 Å². The van der Waals surface area contributed by atoms with Crippen molar-refractivity contribution in [3.63, 3.8) is 0 Å². The molecule has 0 amide bonds. The average Bonchev–Trinajstić information content (AvgIpc) is 2.86. The van der Waals surface area contributed by atoms with Gasteiger partial charge in [-0.15, -0.1) is 0 Å². The standard InChI is InChI=1S/C12H15NO2/c1-2-12-10(5-7-15-12)11(13)8-9-4-3-6-14-9/h3-7,11H,2,8,13H2,1H3. The van der Waals surface area contributed by atoms with Crippen LogP contribution in [0.5, 0.6) is 0 Å². The van der Waals surface area contributed by atoms with Crippen molar-refractivity contribution < 1.29 is 8.83 Å². The Hall–Kier alpha value is -1.48. The largest absolute Gasteiger partial charge is 0.469 e. The zero-order valence-corrected chi connectivity index (χ0v) is 8.77. The van der Waals surface area contributed by atoms with Gasteiger partial charge in [-0.1, -0.05) is 6.92 Å². The van der Waals surface area contributed by atoms with Gasteiger partial charge in [-0.25, -0.2) is 0 Å². The monoisotopic (exact) mass is 205 g/mol. The van der Waals surface area contributed by atoms with Gasteiger partial charge in [-0.05, 0) is 18.2 Å². The molecule has 3 nitrogen and oxygen atoms in total. The molecule has 0 saturated heterocycles. The highest BCUT2D eigenvalue weighted by Gasteiger charge is 2.14. The maximum Gasteiger partial charge on any atom is 0.108 e. The Morgan fingerprint density at radius 3 is 2.80 bits per heavy atom. The molecular formula is C12H15NO2. The zero-order valence-electron chi connectivity index (χ0n) is 8.77. The van der Waals surface area contributed by atoms with E-state index in [4.69, 9.17) is 14.6 Å². The normalized spacial score (nSPS) is 12.9. The second kappa shape index (κ2) is 4.36. The van der Waals surface area contributed by atoms with E-state index in [0.717, 1.165) is 23.5 Å².